The van der Waals surface area contributed by atoms with Crippen molar-refractivity contribution in [1.82, 2.24) is 4.90 Å². The van der Waals surface area contributed by atoms with Gasteiger partial charge in [-0.1, -0.05) is 18.2 Å². The molecule has 0 aliphatic carbocycles. The van der Waals surface area contributed by atoms with Crippen molar-refractivity contribution in [3.63, 3.8) is 0 Å². The third-order valence-electron chi connectivity index (χ3n) is 4.17. The summed E-state index contributed by atoms with van der Waals surface area (Å²) in [5, 5.41) is 0. The number of H-pyrrole nitrogens is 1. The highest BCUT2D eigenvalue weighted by molar-refractivity contribution is 5.77. The minimum absolute atomic E-state index is 0.0715. The van der Waals surface area contributed by atoms with Gasteiger partial charge < -0.3 is 14.5 Å². The Labute approximate surface area is 136 Å². The lowest BCUT2D eigenvalue weighted by Crippen LogP contribution is -3.13. The first kappa shape index (κ1) is 15.5. The van der Waals surface area contributed by atoms with Crippen molar-refractivity contribution in [2.75, 3.05) is 32.8 Å². The Balaban J connectivity index is 1.42. The molecule has 3 rings (SSSR count). The molecule has 1 fully saturated rings. The molecule has 1 aromatic heterocycles. The quantitative estimate of drug-likeness (QED) is 0.832. The second-order valence-corrected chi connectivity index (χ2v) is 5.82. The van der Waals surface area contributed by atoms with E-state index in [9.17, 15) is 4.79 Å². The van der Waals surface area contributed by atoms with Crippen LogP contribution in [0.2, 0.25) is 0 Å². The van der Waals surface area contributed by atoms with Crippen molar-refractivity contribution < 1.29 is 19.4 Å². The van der Waals surface area contributed by atoms with Crippen molar-refractivity contribution in [1.29, 1.82) is 0 Å². The Morgan fingerprint density at radius 1 is 1.09 bits per heavy atom. The number of amides is 1. The van der Waals surface area contributed by atoms with Crippen LogP contribution in [0.4, 0.5) is 0 Å². The summed E-state index contributed by atoms with van der Waals surface area (Å²) >= 11 is 0. The largest absolute Gasteiger partial charge is 0.484 e. The van der Waals surface area contributed by atoms with Crippen LogP contribution < -0.4 is 14.6 Å². The minimum atomic E-state index is 0.0715. The Morgan fingerprint density at radius 3 is 2.48 bits per heavy atom. The number of carbonyl (C=O) groups excluding carboxylic acids is 1. The average Bonchev–Trinajstić information content (AvgIpc) is 2.62. The maximum absolute atomic E-state index is 12.2. The van der Waals surface area contributed by atoms with E-state index < -0.39 is 0 Å². The van der Waals surface area contributed by atoms with Gasteiger partial charge in [0.05, 0.1) is 26.2 Å². The molecule has 1 aliphatic rings. The van der Waals surface area contributed by atoms with E-state index in [0.717, 1.165) is 38.5 Å². The van der Waals surface area contributed by atoms with Crippen LogP contribution in [0.3, 0.4) is 0 Å². The first-order chi connectivity index (χ1) is 11.3. The van der Waals surface area contributed by atoms with Crippen LogP contribution in [0.5, 0.6) is 5.75 Å². The van der Waals surface area contributed by atoms with Gasteiger partial charge >= 0.3 is 0 Å². The zero-order valence-corrected chi connectivity index (χ0v) is 13.2. The third-order valence-corrected chi connectivity index (χ3v) is 4.17. The van der Waals surface area contributed by atoms with Crippen LogP contribution in [0.15, 0.2) is 54.9 Å². The number of benzene rings is 1. The smallest absolute Gasteiger partial charge is 0.260 e. The van der Waals surface area contributed by atoms with Gasteiger partial charge in [0, 0.05) is 17.7 Å². The number of hydrogen-bond acceptors (Lipinski definition) is 2. The maximum Gasteiger partial charge on any atom is 0.260 e. The van der Waals surface area contributed by atoms with Gasteiger partial charge in [0.15, 0.2) is 19.0 Å². The van der Waals surface area contributed by atoms with Gasteiger partial charge in [-0.05, 0) is 12.1 Å². The number of quaternary nitrogens is 1. The molecule has 5 nitrogen and oxygen atoms in total. The molecule has 0 radical (unpaired) electrons. The fraction of sp³-hybridized carbons (Fsp3) is 0.333. The first-order valence-electron chi connectivity index (χ1n) is 8.05. The second kappa shape index (κ2) is 7.74. The maximum atomic E-state index is 12.2. The summed E-state index contributed by atoms with van der Waals surface area (Å²) < 4.78 is 5.54. The molecular formula is C18H23N3O2+2. The Bertz CT molecular complexity index is 611. The molecular weight excluding hydrogens is 290 g/mol. The molecule has 1 aromatic carbocycles. The Kier molecular flexibility index (Phi) is 5.21. The number of carbonyl (C=O) groups is 1. The summed E-state index contributed by atoms with van der Waals surface area (Å²) in [6, 6.07) is 13.7. The molecule has 0 unspecified atom stereocenters. The highest BCUT2D eigenvalue weighted by Gasteiger charge is 2.24. The lowest BCUT2D eigenvalue weighted by atomic mass is 10.2. The number of piperazine rings is 1. The van der Waals surface area contributed by atoms with E-state index >= 15 is 0 Å². The van der Waals surface area contributed by atoms with E-state index in [0.29, 0.717) is 0 Å². The normalized spacial score (nSPS) is 15.4. The zero-order chi connectivity index (χ0) is 15.9. The Morgan fingerprint density at radius 2 is 1.78 bits per heavy atom. The lowest BCUT2D eigenvalue weighted by molar-refractivity contribution is -0.917. The van der Waals surface area contributed by atoms with E-state index in [1.807, 2.05) is 47.6 Å². The summed E-state index contributed by atoms with van der Waals surface area (Å²) in [4.78, 5) is 18.7. The fourth-order valence-electron chi connectivity index (χ4n) is 2.83. The van der Waals surface area contributed by atoms with Crippen LogP contribution in [0.1, 0.15) is 5.56 Å². The summed E-state index contributed by atoms with van der Waals surface area (Å²) in [6.07, 6.45) is 3.91. The number of hydrogen-bond donors (Lipinski definition) is 1. The molecule has 0 spiro atoms. The molecule has 0 atom stereocenters. The molecule has 2 aromatic rings. The number of pyridine rings is 1. The predicted molar refractivity (Wildman–Crippen MR) is 85.9 cm³/mol. The molecule has 0 saturated carbocycles. The number of aromatic amines is 1. The van der Waals surface area contributed by atoms with Crippen LogP contribution in [0.25, 0.3) is 0 Å². The molecule has 2 N–H and O–H groups in total. The van der Waals surface area contributed by atoms with Crippen molar-refractivity contribution >= 4 is 5.91 Å². The van der Waals surface area contributed by atoms with Gasteiger partial charge in [0.1, 0.15) is 12.3 Å². The fourth-order valence-corrected chi connectivity index (χ4v) is 2.83. The van der Waals surface area contributed by atoms with E-state index in [1.54, 1.807) is 0 Å². The van der Waals surface area contributed by atoms with Crippen molar-refractivity contribution in [3.8, 4) is 5.75 Å². The van der Waals surface area contributed by atoms with Gasteiger partial charge in [0.25, 0.3) is 5.91 Å². The van der Waals surface area contributed by atoms with Crippen molar-refractivity contribution in [2.45, 2.75) is 6.54 Å². The third kappa shape index (κ3) is 4.53. The van der Waals surface area contributed by atoms with E-state index in [4.69, 9.17) is 4.74 Å². The lowest BCUT2D eigenvalue weighted by Gasteiger charge is -2.32. The number of aromatic nitrogens is 1. The first-order valence-corrected chi connectivity index (χ1v) is 8.05. The van der Waals surface area contributed by atoms with Crippen LogP contribution >= 0.6 is 0 Å². The molecule has 5 heteroatoms. The molecule has 1 aliphatic heterocycles. The number of nitrogens with zero attached hydrogens (tertiary/aromatic N) is 1. The van der Waals surface area contributed by atoms with E-state index in [-0.39, 0.29) is 12.5 Å². The zero-order valence-electron chi connectivity index (χ0n) is 13.2. The molecule has 1 saturated heterocycles. The summed E-state index contributed by atoms with van der Waals surface area (Å²) in [5.41, 5.74) is 1.32. The summed E-state index contributed by atoms with van der Waals surface area (Å²) in [5.74, 6) is 0.813. The van der Waals surface area contributed by atoms with Gasteiger partial charge in [-0.15, -0.1) is 0 Å². The number of ether oxygens (including phenoxy) is 1. The monoisotopic (exact) mass is 313 g/mol. The van der Waals surface area contributed by atoms with Crippen LogP contribution in [-0.4, -0.2) is 43.6 Å². The highest BCUT2D eigenvalue weighted by atomic mass is 16.5. The Hall–Kier alpha value is -2.40. The molecule has 120 valence electrons. The van der Waals surface area contributed by atoms with Crippen LogP contribution in [-0.2, 0) is 11.3 Å². The number of nitrogens with one attached hydrogen (secondary N) is 2. The summed E-state index contributed by atoms with van der Waals surface area (Å²) in [7, 11) is 0. The topological polar surface area (TPSA) is 48.1 Å². The second-order valence-electron chi connectivity index (χ2n) is 5.82. The summed E-state index contributed by atoms with van der Waals surface area (Å²) in [6.45, 7) is 4.69. The number of para-hydroxylation sites is 1. The highest BCUT2D eigenvalue weighted by Crippen LogP contribution is 2.08. The van der Waals surface area contributed by atoms with Gasteiger partial charge in [-0.25, -0.2) is 4.98 Å². The standard InChI is InChI=1S/C18H21N3O2/c22-18(15-23-17-4-2-1-3-5-17)21-12-10-20(11-13-21)14-16-6-8-19-9-7-16/h1-9H,10-15H2/p+2. The van der Waals surface area contributed by atoms with E-state index in [2.05, 4.69) is 17.1 Å². The predicted octanol–water partition coefficient (Wildman–Crippen LogP) is -0.193. The molecule has 1 amide bonds. The van der Waals surface area contributed by atoms with E-state index in [1.165, 1.54) is 10.5 Å². The van der Waals surface area contributed by atoms with Gasteiger partial charge in [0.2, 0.25) is 0 Å². The van der Waals surface area contributed by atoms with Crippen LogP contribution in [0, 0.1) is 0 Å². The molecule has 0 bridgehead atoms. The van der Waals surface area contributed by atoms with Gasteiger partial charge in [-0.3, -0.25) is 4.79 Å². The minimum Gasteiger partial charge on any atom is -0.484 e. The van der Waals surface area contributed by atoms with Crippen molar-refractivity contribution in [2.24, 2.45) is 0 Å². The molecule has 23 heavy (non-hydrogen) atoms. The van der Waals surface area contributed by atoms with Crippen molar-refractivity contribution in [3.05, 3.63) is 60.4 Å². The number of rotatable bonds is 5. The SMILES string of the molecule is O=C(COc1ccccc1)N1CC[NH+](Cc2cc[nH+]cc2)CC1. The average molecular weight is 313 g/mol. The van der Waals surface area contributed by atoms with Gasteiger partial charge in [-0.2, -0.15) is 0 Å². The molecule has 2 heterocycles.